The maximum Gasteiger partial charge on any atom is 0.325 e. The van der Waals surface area contributed by atoms with Crippen LogP contribution in [0.1, 0.15) is 26.3 Å². The van der Waals surface area contributed by atoms with Gasteiger partial charge in [-0.25, -0.2) is 0 Å². The van der Waals surface area contributed by atoms with E-state index in [1.807, 2.05) is 38.1 Å². The highest BCUT2D eigenvalue weighted by Crippen LogP contribution is 2.19. The van der Waals surface area contributed by atoms with Gasteiger partial charge in [-0.2, -0.15) is 0 Å². The first kappa shape index (κ1) is 20.4. The fourth-order valence-electron chi connectivity index (χ4n) is 2.68. The molecule has 8 nitrogen and oxygen atoms in total. The van der Waals surface area contributed by atoms with Crippen molar-refractivity contribution in [1.29, 1.82) is 0 Å². The Morgan fingerprint density at radius 2 is 1.78 bits per heavy atom. The molecular formula is C19H26N4O4. The molecular weight excluding hydrogens is 348 g/mol. The molecule has 146 valence electrons. The van der Waals surface area contributed by atoms with Gasteiger partial charge in [0.15, 0.2) is 0 Å². The summed E-state index contributed by atoms with van der Waals surface area (Å²) in [5.41, 5.74) is 7.63. The molecule has 2 rings (SSSR count). The molecule has 0 aliphatic rings. The molecule has 1 aromatic carbocycles. The van der Waals surface area contributed by atoms with Gasteiger partial charge < -0.3 is 26.5 Å². The predicted octanol–water partition coefficient (Wildman–Crippen LogP) is 0.768. The summed E-state index contributed by atoms with van der Waals surface area (Å²) in [7, 11) is 0. The lowest BCUT2D eigenvalue weighted by atomic mass is 10.0. The first-order chi connectivity index (χ1) is 12.7. The van der Waals surface area contributed by atoms with E-state index >= 15 is 0 Å². The first-order valence-corrected chi connectivity index (χ1v) is 8.84. The summed E-state index contributed by atoms with van der Waals surface area (Å²) in [4.78, 5) is 39.1. The number of hydrogen-bond acceptors (Lipinski definition) is 4. The van der Waals surface area contributed by atoms with Crippen molar-refractivity contribution in [2.24, 2.45) is 11.7 Å². The standard InChI is InChI=1S/C19H26N4O4/c1-10(2)16(20)18(25)23-15(17(24)22-11(3)19(26)27)8-12-9-21-14-7-5-4-6-13(12)14/h4-7,9-11,15-16,21H,8,20H2,1-3H3,(H,22,24)(H,23,25)(H,26,27). The molecule has 2 aromatic rings. The van der Waals surface area contributed by atoms with E-state index < -0.39 is 35.9 Å². The van der Waals surface area contributed by atoms with Gasteiger partial charge in [-0.05, 0) is 24.5 Å². The Bertz CT molecular complexity index is 830. The first-order valence-electron chi connectivity index (χ1n) is 8.84. The zero-order valence-electron chi connectivity index (χ0n) is 15.7. The molecule has 2 amide bonds. The molecule has 0 fully saturated rings. The molecule has 0 radical (unpaired) electrons. The van der Waals surface area contributed by atoms with Crippen molar-refractivity contribution in [3.63, 3.8) is 0 Å². The Morgan fingerprint density at radius 3 is 2.41 bits per heavy atom. The predicted molar refractivity (Wildman–Crippen MR) is 102 cm³/mol. The van der Waals surface area contributed by atoms with Gasteiger partial charge >= 0.3 is 5.97 Å². The third kappa shape index (κ3) is 5.07. The van der Waals surface area contributed by atoms with Crippen molar-refractivity contribution in [3.05, 3.63) is 36.0 Å². The van der Waals surface area contributed by atoms with E-state index in [1.54, 1.807) is 6.20 Å². The van der Waals surface area contributed by atoms with E-state index in [-0.39, 0.29) is 12.3 Å². The monoisotopic (exact) mass is 374 g/mol. The average Bonchev–Trinajstić information content (AvgIpc) is 3.03. The topological polar surface area (TPSA) is 137 Å². The van der Waals surface area contributed by atoms with E-state index in [9.17, 15) is 14.4 Å². The maximum absolute atomic E-state index is 12.6. The minimum Gasteiger partial charge on any atom is -0.480 e. The van der Waals surface area contributed by atoms with Crippen molar-refractivity contribution in [2.75, 3.05) is 0 Å². The lowest BCUT2D eigenvalue weighted by Crippen LogP contribution is -2.55. The second-order valence-electron chi connectivity index (χ2n) is 6.96. The minimum atomic E-state index is -1.15. The Labute approximate surface area is 157 Å². The molecule has 1 heterocycles. The molecule has 3 atom stereocenters. The highest BCUT2D eigenvalue weighted by Gasteiger charge is 2.28. The molecule has 0 aliphatic heterocycles. The number of aromatic nitrogens is 1. The summed E-state index contributed by atoms with van der Waals surface area (Å²) in [6, 6.07) is 4.83. The highest BCUT2D eigenvalue weighted by molar-refractivity contribution is 5.92. The van der Waals surface area contributed by atoms with Crippen LogP contribution in [0.3, 0.4) is 0 Å². The molecule has 0 bridgehead atoms. The lowest BCUT2D eigenvalue weighted by molar-refractivity contribution is -0.141. The van der Waals surface area contributed by atoms with Gasteiger partial charge in [-0.1, -0.05) is 32.0 Å². The van der Waals surface area contributed by atoms with Crippen molar-refractivity contribution in [3.8, 4) is 0 Å². The molecule has 6 N–H and O–H groups in total. The maximum atomic E-state index is 12.6. The second-order valence-corrected chi connectivity index (χ2v) is 6.96. The van der Waals surface area contributed by atoms with Crippen molar-refractivity contribution in [1.82, 2.24) is 15.6 Å². The number of aliphatic carboxylic acids is 1. The van der Waals surface area contributed by atoms with Crippen molar-refractivity contribution < 1.29 is 19.5 Å². The average molecular weight is 374 g/mol. The number of aromatic amines is 1. The number of carbonyl (C=O) groups excluding carboxylic acids is 2. The quantitative estimate of drug-likeness (QED) is 0.465. The van der Waals surface area contributed by atoms with Crippen molar-refractivity contribution >= 4 is 28.7 Å². The number of amides is 2. The van der Waals surface area contributed by atoms with Crippen LogP contribution in [0.5, 0.6) is 0 Å². The zero-order chi connectivity index (χ0) is 20.1. The summed E-state index contributed by atoms with van der Waals surface area (Å²) in [5, 5.41) is 15.0. The summed E-state index contributed by atoms with van der Waals surface area (Å²) in [6.07, 6.45) is 1.98. The number of para-hydroxylation sites is 1. The van der Waals surface area contributed by atoms with Gasteiger partial charge in [0.25, 0.3) is 0 Å². The van der Waals surface area contributed by atoms with E-state index in [0.717, 1.165) is 16.5 Å². The fourth-order valence-corrected chi connectivity index (χ4v) is 2.68. The third-order valence-corrected chi connectivity index (χ3v) is 4.48. The molecule has 1 aromatic heterocycles. The number of fused-ring (bicyclic) bond motifs is 1. The molecule has 0 aliphatic carbocycles. The van der Waals surface area contributed by atoms with E-state index in [2.05, 4.69) is 15.6 Å². The van der Waals surface area contributed by atoms with Crippen LogP contribution in [-0.4, -0.2) is 46.0 Å². The number of nitrogens with one attached hydrogen (secondary N) is 3. The minimum absolute atomic E-state index is 0.0975. The van der Waals surface area contributed by atoms with Crippen LogP contribution < -0.4 is 16.4 Å². The van der Waals surface area contributed by atoms with Crippen LogP contribution in [0.25, 0.3) is 10.9 Å². The number of benzene rings is 1. The molecule has 3 unspecified atom stereocenters. The van der Waals surface area contributed by atoms with Crippen LogP contribution in [-0.2, 0) is 20.8 Å². The van der Waals surface area contributed by atoms with Gasteiger partial charge in [0.2, 0.25) is 11.8 Å². The molecule has 0 saturated heterocycles. The number of rotatable bonds is 8. The summed E-state index contributed by atoms with van der Waals surface area (Å²) >= 11 is 0. The zero-order valence-corrected chi connectivity index (χ0v) is 15.7. The highest BCUT2D eigenvalue weighted by atomic mass is 16.4. The van der Waals surface area contributed by atoms with Gasteiger partial charge in [0.05, 0.1) is 6.04 Å². The summed E-state index contributed by atoms with van der Waals surface area (Å²) in [6.45, 7) is 4.99. The van der Waals surface area contributed by atoms with E-state index in [1.165, 1.54) is 6.92 Å². The normalized spacial score (nSPS) is 14.6. The fraction of sp³-hybridized carbons (Fsp3) is 0.421. The van der Waals surface area contributed by atoms with Gasteiger partial charge in [0.1, 0.15) is 12.1 Å². The summed E-state index contributed by atoms with van der Waals surface area (Å²) < 4.78 is 0. The lowest BCUT2D eigenvalue weighted by Gasteiger charge is -2.23. The third-order valence-electron chi connectivity index (χ3n) is 4.48. The SMILES string of the molecule is CC(NC(=O)C(Cc1c[nH]c2ccccc12)NC(=O)C(N)C(C)C)C(=O)O. The number of carboxylic acid groups (broad SMARTS) is 1. The number of carbonyl (C=O) groups is 3. The number of H-pyrrole nitrogens is 1. The second kappa shape index (κ2) is 8.68. The van der Waals surface area contributed by atoms with E-state index in [0.29, 0.717) is 0 Å². The smallest absolute Gasteiger partial charge is 0.325 e. The molecule has 0 saturated carbocycles. The molecule has 0 spiro atoms. The summed E-state index contributed by atoms with van der Waals surface area (Å²) in [5.74, 6) is -2.27. The Morgan fingerprint density at radius 1 is 1.11 bits per heavy atom. The molecule has 27 heavy (non-hydrogen) atoms. The van der Waals surface area contributed by atoms with Crippen LogP contribution >= 0.6 is 0 Å². The Hall–Kier alpha value is -2.87. The Kier molecular flexibility index (Phi) is 6.57. The largest absolute Gasteiger partial charge is 0.480 e. The van der Waals surface area contributed by atoms with Crippen LogP contribution in [0.4, 0.5) is 0 Å². The van der Waals surface area contributed by atoms with Crippen LogP contribution in [0, 0.1) is 5.92 Å². The van der Waals surface area contributed by atoms with Gasteiger partial charge in [-0.15, -0.1) is 0 Å². The van der Waals surface area contributed by atoms with Gasteiger partial charge in [-0.3, -0.25) is 14.4 Å². The van der Waals surface area contributed by atoms with Crippen LogP contribution in [0.2, 0.25) is 0 Å². The van der Waals surface area contributed by atoms with E-state index in [4.69, 9.17) is 10.8 Å². The van der Waals surface area contributed by atoms with Gasteiger partial charge in [0, 0.05) is 23.5 Å². The molecule has 8 heteroatoms. The number of nitrogens with two attached hydrogens (primary N) is 1. The van der Waals surface area contributed by atoms with Crippen molar-refractivity contribution in [2.45, 2.75) is 45.3 Å². The van der Waals surface area contributed by atoms with Crippen LogP contribution in [0.15, 0.2) is 30.5 Å². The number of hydrogen-bond donors (Lipinski definition) is 5. The Balaban J connectivity index is 2.24. The number of carboxylic acids is 1.